The van der Waals surface area contributed by atoms with Gasteiger partial charge < -0.3 is 9.84 Å². The molecule has 0 saturated heterocycles. The SMILES string of the molecule is COc1ccccc1-n1cnc(=O)c(C(=O)O)n1. The molecule has 0 aliphatic carbocycles. The minimum Gasteiger partial charge on any atom is -0.494 e. The standard InChI is InChI=1S/C11H9N3O4/c1-18-8-5-3-2-4-7(8)14-6-12-10(15)9(13-14)11(16)17/h2-6H,1H3,(H,16,17). The second-order valence-electron chi connectivity index (χ2n) is 3.32. The molecule has 0 aliphatic rings. The maximum absolute atomic E-state index is 11.2. The Morgan fingerprint density at radius 2 is 2.11 bits per heavy atom. The number of rotatable bonds is 3. The first-order valence-electron chi connectivity index (χ1n) is 4.96. The molecule has 0 amide bonds. The van der Waals surface area contributed by atoms with Crippen LogP contribution in [-0.2, 0) is 0 Å². The van der Waals surface area contributed by atoms with Crippen LogP contribution in [0.5, 0.6) is 5.75 Å². The van der Waals surface area contributed by atoms with E-state index in [1.54, 1.807) is 24.3 Å². The molecular weight excluding hydrogens is 238 g/mol. The molecular formula is C11H9N3O4. The monoisotopic (exact) mass is 247 g/mol. The number of aromatic carboxylic acids is 1. The Morgan fingerprint density at radius 3 is 2.78 bits per heavy atom. The Balaban J connectivity index is 2.61. The fraction of sp³-hybridized carbons (Fsp3) is 0.0909. The number of carbonyl (C=O) groups is 1. The lowest BCUT2D eigenvalue weighted by molar-refractivity contribution is 0.0686. The van der Waals surface area contributed by atoms with Crippen LogP contribution in [0.1, 0.15) is 10.5 Å². The van der Waals surface area contributed by atoms with Crippen LogP contribution in [0, 0.1) is 0 Å². The number of aromatic nitrogens is 3. The van der Waals surface area contributed by atoms with Gasteiger partial charge in [0.2, 0.25) is 5.69 Å². The summed E-state index contributed by atoms with van der Waals surface area (Å²) in [4.78, 5) is 25.5. The smallest absolute Gasteiger partial charge is 0.362 e. The molecule has 0 fully saturated rings. The molecule has 0 atom stereocenters. The predicted molar refractivity (Wildman–Crippen MR) is 61.1 cm³/mol. The molecule has 18 heavy (non-hydrogen) atoms. The molecule has 1 heterocycles. The van der Waals surface area contributed by atoms with Crippen molar-refractivity contribution in [1.82, 2.24) is 14.8 Å². The molecule has 7 nitrogen and oxygen atoms in total. The van der Waals surface area contributed by atoms with E-state index in [4.69, 9.17) is 9.84 Å². The number of nitrogens with zero attached hydrogens (tertiary/aromatic N) is 3. The number of hydrogen-bond acceptors (Lipinski definition) is 5. The third kappa shape index (κ3) is 2.05. The molecule has 0 bridgehead atoms. The van der Waals surface area contributed by atoms with Crippen molar-refractivity contribution in [1.29, 1.82) is 0 Å². The van der Waals surface area contributed by atoms with Gasteiger partial charge in [-0.3, -0.25) is 4.79 Å². The summed E-state index contributed by atoms with van der Waals surface area (Å²) in [7, 11) is 1.48. The summed E-state index contributed by atoms with van der Waals surface area (Å²) >= 11 is 0. The number of hydrogen-bond donors (Lipinski definition) is 1. The van der Waals surface area contributed by atoms with Gasteiger partial charge in [-0.2, -0.15) is 10.1 Å². The molecule has 0 radical (unpaired) electrons. The molecule has 1 aromatic heterocycles. The molecule has 2 aromatic rings. The lowest BCUT2D eigenvalue weighted by atomic mass is 10.3. The Kier molecular flexibility index (Phi) is 3.05. The summed E-state index contributed by atoms with van der Waals surface area (Å²) < 4.78 is 6.30. The van der Waals surface area contributed by atoms with E-state index in [1.807, 2.05) is 0 Å². The second-order valence-corrected chi connectivity index (χ2v) is 3.32. The van der Waals surface area contributed by atoms with E-state index in [-0.39, 0.29) is 0 Å². The first-order valence-corrected chi connectivity index (χ1v) is 4.96. The van der Waals surface area contributed by atoms with E-state index in [9.17, 15) is 9.59 Å². The topological polar surface area (TPSA) is 94.3 Å². The molecule has 7 heteroatoms. The van der Waals surface area contributed by atoms with Crippen molar-refractivity contribution in [3.05, 3.63) is 46.6 Å². The molecule has 1 N–H and O–H groups in total. The number of benzene rings is 1. The fourth-order valence-electron chi connectivity index (χ4n) is 1.41. The summed E-state index contributed by atoms with van der Waals surface area (Å²) in [5.41, 5.74) is -1.02. The van der Waals surface area contributed by atoms with Crippen LogP contribution in [-0.4, -0.2) is 33.0 Å². The molecule has 0 unspecified atom stereocenters. The largest absolute Gasteiger partial charge is 0.494 e. The van der Waals surface area contributed by atoms with Crippen molar-refractivity contribution in [2.75, 3.05) is 7.11 Å². The van der Waals surface area contributed by atoms with E-state index >= 15 is 0 Å². The lowest BCUT2D eigenvalue weighted by Gasteiger charge is -2.09. The first kappa shape index (κ1) is 11.8. The Hall–Kier alpha value is -2.70. The molecule has 92 valence electrons. The van der Waals surface area contributed by atoms with Gasteiger partial charge >= 0.3 is 11.5 Å². The van der Waals surface area contributed by atoms with Crippen LogP contribution < -0.4 is 10.3 Å². The minimum absolute atomic E-state index is 0.492. The van der Waals surface area contributed by atoms with Crippen LogP contribution in [0.3, 0.4) is 0 Å². The van der Waals surface area contributed by atoms with Gasteiger partial charge in [-0.1, -0.05) is 12.1 Å². The number of carboxylic acids is 1. The Morgan fingerprint density at radius 1 is 1.39 bits per heavy atom. The normalized spacial score (nSPS) is 10.1. The Bertz CT molecular complexity index is 651. The van der Waals surface area contributed by atoms with Crippen molar-refractivity contribution in [3.63, 3.8) is 0 Å². The highest BCUT2D eigenvalue weighted by Gasteiger charge is 2.13. The van der Waals surface area contributed by atoms with Gasteiger partial charge in [0.05, 0.1) is 7.11 Å². The Labute approximate surface area is 101 Å². The summed E-state index contributed by atoms with van der Waals surface area (Å²) in [5, 5.41) is 12.5. The highest BCUT2D eigenvalue weighted by atomic mass is 16.5. The summed E-state index contributed by atoms with van der Waals surface area (Å²) in [6.45, 7) is 0. The quantitative estimate of drug-likeness (QED) is 0.840. The van der Waals surface area contributed by atoms with Crippen molar-refractivity contribution in [2.45, 2.75) is 0 Å². The van der Waals surface area contributed by atoms with Gasteiger partial charge in [-0.05, 0) is 12.1 Å². The molecule has 0 spiro atoms. The summed E-state index contributed by atoms with van der Waals surface area (Å²) in [5.74, 6) is -0.927. The third-order valence-electron chi connectivity index (χ3n) is 2.23. The van der Waals surface area contributed by atoms with Crippen molar-refractivity contribution >= 4 is 5.97 Å². The molecule has 2 rings (SSSR count). The minimum atomic E-state index is -1.42. The molecule has 0 aliphatic heterocycles. The van der Waals surface area contributed by atoms with E-state index in [0.717, 1.165) is 6.33 Å². The average molecular weight is 247 g/mol. The van der Waals surface area contributed by atoms with Gasteiger partial charge in [0.15, 0.2) is 0 Å². The number of ether oxygens (including phenoxy) is 1. The maximum atomic E-state index is 11.2. The van der Waals surface area contributed by atoms with Gasteiger partial charge in [0.25, 0.3) is 0 Å². The average Bonchev–Trinajstić information content (AvgIpc) is 2.39. The second kappa shape index (κ2) is 4.66. The van der Waals surface area contributed by atoms with Crippen LogP contribution >= 0.6 is 0 Å². The zero-order chi connectivity index (χ0) is 13.1. The fourth-order valence-corrected chi connectivity index (χ4v) is 1.41. The van der Waals surface area contributed by atoms with Crippen LogP contribution in [0.25, 0.3) is 5.69 Å². The van der Waals surface area contributed by atoms with Crippen LogP contribution in [0.2, 0.25) is 0 Å². The number of para-hydroxylation sites is 2. The zero-order valence-corrected chi connectivity index (χ0v) is 9.40. The highest BCUT2D eigenvalue weighted by Crippen LogP contribution is 2.20. The van der Waals surface area contributed by atoms with E-state index in [1.165, 1.54) is 11.8 Å². The van der Waals surface area contributed by atoms with Crippen LogP contribution in [0.4, 0.5) is 0 Å². The van der Waals surface area contributed by atoms with Crippen molar-refractivity contribution in [3.8, 4) is 11.4 Å². The third-order valence-corrected chi connectivity index (χ3v) is 2.23. The van der Waals surface area contributed by atoms with Crippen LogP contribution in [0.15, 0.2) is 35.4 Å². The lowest BCUT2D eigenvalue weighted by Crippen LogP contribution is -2.23. The molecule has 0 saturated carbocycles. The number of carboxylic acid groups (broad SMARTS) is 1. The maximum Gasteiger partial charge on any atom is 0.362 e. The van der Waals surface area contributed by atoms with Crippen molar-refractivity contribution < 1.29 is 14.6 Å². The number of methoxy groups -OCH3 is 1. The van der Waals surface area contributed by atoms with Gasteiger partial charge in [-0.25, -0.2) is 9.48 Å². The molecule has 1 aromatic carbocycles. The van der Waals surface area contributed by atoms with E-state index < -0.39 is 17.2 Å². The highest BCUT2D eigenvalue weighted by molar-refractivity contribution is 5.84. The summed E-state index contributed by atoms with van der Waals surface area (Å²) in [6.07, 6.45) is 1.15. The predicted octanol–water partition coefficient (Wildman–Crippen LogP) is 0.334. The van der Waals surface area contributed by atoms with Crippen molar-refractivity contribution in [2.24, 2.45) is 0 Å². The van der Waals surface area contributed by atoms with E-state index in [2.05, 4.69) is 10.1 Å². The van der Waals surface area contributed by atoms with Gasteiger partial charge in [0, 0.05) is 0 Å². The van der Waals surface area contributed by atoms with Gasteiger partial charge in [0.1, 0.15) is 17.8 Å². The first-order chi connectivity index (χ1) is 8.63. The summed E-state index contributed by atoms with van der Waals surface area (Å²) in [6, 6.07) is 6.85. The zero-order valence-electron chi connectivity index (χ0n) is 9.40. The van der Waals surface area contributed by atoms with E-state index in [0.29, 0.717) is 11.4 Å². The van der Waals surface area contributed by atoms with Gasteiger partial charge in [-0.15, -0.1) is 0 Å².